The fourth-order valence-electron chi connectivity index (χ4n) is 4.13. The first-order valence-corrected chi connectivity index (χ1v) is 13.9. The number of carboxylic acid groups (broad SMARTS) is 1. The highest BCUT2D eigenvalue weighted by atomic mass is 32.2. The number of thiocarbonyl (C=S) groups is 1. The van der Waals surface area contributed by atoms with Crippen LogP contribution in [-0.4, -0.2) is 38.7 Å². The second kappa shape index (κ2) is 10.9. The van der Waals surface area contributed by atoms with Crippen LogP contribution in [0.5, 0.6) is 0 Å². The number of aromatic carboxylic acids is 1. The molecule has 0 bridgehead atoms. The van der Waals surface area contributed by atoms with E-state index in [1.807, 2.05) is 18.2 Å². The number of nitrogens with zero attached hydrogens (tertiary/aromatic N) is 1. The second-order valence-electron chi connectivity index (χ2n) is 8.77. The van der Waals surface area contributed by atoms with Gasteiger partial charge in [-0.05, 0) is 76.2 Å². The van der Waals surface area contributed by atoms with Crippen molar-refractivity contribution in [1.29, 1.82) is 0 Å². The smallest absolute Gasteiger partial charge is 0.335 e. The van der Waals surface area contributed by atoms with Crippen molar-refractivity contribution in [2.75, 3.05) is 11.9 Å². The Kier molecular flexibility index (Phi) is 7.42. The van der Waals surface area contributed by atoms with E-state index in [1.165, 1.54) is 39.6 Å². The monoisotopic (exact) mass is 558 g/mol. The molecule has 1 saturated heterocycles. The molecule has 1 aromatic heterocycles. The quantitative estimate of drug-likeness (QED) is 0.192. The number of rotatable bonds is 7. The van der Waals surface area contributed by atoms with E-state index in [0.717, 1.165) is 16.0 Å². The molecule has 5 rings (SSSR count). The molecule has 0 aliphatic carbocycles. The summed E-state index contributed by atoms with van der Waals surface area (Å²) in [7, 11) is 0. The third-order valence-electron chi connectivity index (χ3n) is 6.16. The molecule has 190 valence electrons. The maximum atomic E-state index is 13.0. The minimum atomic E-state index is -1.03. The number of carbonyl (C=O) groups is 3. The molecule has 1 aliphatic heterocycles. The number of benzene rings is 3. The third kappa shape index (κ3) is 5.55. The van der Waals surface area contributed by atoms with Crippen molar-refractivity contribution in [3.05, 3.63) is 93.0 Å². The summed E-state index contributed by atoms with van der Waals surface area (Å²) in [6.07, 6.45) is 1.91. The Hall–Kier alpha value is -3.79. The summed E-state index contributed by atoms with van der Waals surface area (Å²) in [6, 6.07) is 21.2. The first kappa shape index (κ1) is 25.8. The molecule has 2 N–H and O–H groups in total. The topological polar surface area (TPSA) is 86.7 Å². The SMILES string of the molecule is Cc1cc(C(=O)O)ccc1NC(=O)CCN1C(=O)C(=Cc2cc(-c3ccc4ccccc4c3)cs2)SC1=S. The van der Waals surface area contributed by atoms with Crippen LogP contribution >= 0.6 is 35.3 Å². The lowest BCUT2D eigenvalue weighted by Crippen LogP contribution is -2.31. The van der Waals surface area contributed by atoms with E-state index in [9.17, 15) is 14.4 Å². The Labute approximate surface area is 233 Å². The van der Waals surface area contributed by atoms with Crippen LogP contribution in [0.15, 0.2) is 77.0 Å². The molecule has 0 saturated carbocycles. The normalized spacial score (nSPS) is 14.4. The number of fused-ring (bicyclic) bond motifs is 1. The van der Waals surface area contributed by atoms with Gasteiger partial charge in [-0.3, -0.25) is 14.5 Å². The highest BCUT2D eigenvalue weighted by Gasteiger charge is 2.32. The summed E-state index contributed by atoms with van der Waals surface area (Å²) in [4.78, 5) is 39.6. The van der Waals surface area contributed by atoms with Crippen LogP contribution in [0.25, 0.3) is 28.0 Å². The molecule has 1 fully saturated rings. The van der Waals surface area contributed by atoms with Crippen LogP contribution in [0.3, 0.4) is 0 Å². The summed E-state index contributed by atoms with van der Waals surface area (Å²) < 4.78 is 0.419. The average molecular weight is 559 g/mol. The minimum Gasteiger partial charge on any atom is -0.478 e. The van der Waals surface area contributed by atoms with Gasteiger partial charge in [0.1, 0.15) is 4.32 Å². The summed E-state index contributed by atoms with van der Waals surface area (Å²) in [5.74, 6) is -1.52. The Morgan fingerprint density at radius 1 is 1.03 bits per heavy atom. The van der Waals surface area contributed by atoms with E-state index in [2.05, 4.69) is 47.1 Å². The highest BCUT2D eigenvalue weighted by molar-refractivity contribution is 8.26. The number of carbonyl (C=O) groups excluding carboxylic acids is 2. The Morgan fingerprint density at radius 3 is 2.58 bits per heavy atom. The zero-order chi connectivity index (χ0) is 26.8. The van der Waals surface area contributed by atoms with Gasteiger partial charge in [-0.25, -0.2) is 4.79 Å². The number of amides is 2. The predicted molar refractivity (Wildman–Crippen MR) is 159 cm³/mol. The van der Waals surface area contributed by atoms with Gasteiger partial charge in [0, 0.05) is 23.5 Å². The predicted octanol–water partition coefficient (Wildman–Crippen LogP) is 6.80. The van der Waals surface area contributed by atoms with E-state index < -0.39 is 5.97 Å². The average Bonchev–Trinajstić information content (AvgIpc) is 3.47. The van der Waals surface area contributed by atoms with Crippen LogP contribution in [-0.2, 0) is 9.59 Å². The molecule has 2 heterocycles. The van der Waals surface area contributed by atoms with Crippen molar-refractivity contribution in [2.24, 2.45) is 0 Å². The molecule has 0 unspecified atom stereocenters. The molecular formula is C29H22N2O4S3. The van der Waals surface area contributed by atoms with Crippen molar-refractivity contribution in [2.45, 2.75) is 13.3 Å². The summed E-state index contributed by atoms with van der Waals surface area (Å²) >= 11 is 8.22. The second-order valence-corrected chi connectivity index (χ2v) is 11.4. The number of aryl methyl sites for hydroxylation is 1. The van der Waals surface area contributed by atoms with E-state index in [-0.39, 0.29) is 30.3 Å². The lowest BCUT2D eigenvalue weighted by atomic mass is 10.0. The van der Waals surface area contributed by atoms with Crippen molar-refractivity contribution in [3.8, 4) is 11.1 Å². The van der Waals surface area contributed by atoms with Gasteiger partial charge in [-0.2, -0.15) is 0 Å². The fraction of sp³-hybridized carbons (Fsp3) is 0.103. The van der Waals surface area contributed by atoms with E-state index >= 15 is 0 Å². The van der Waals surface area contributed by atoms with Gasteiger partial charge in [-0.15, -0.1) is 11.3 Å². The number of anilines is 1. The fourth-order valence-corrected chi connectivity index (χ4v) is 6.36. The van der Waals surface area contributed by atoms with Gasteiger partial charge in [-0.1, -0.05) is 60.4 Å². The van der Waals surface area contributed by atoms with Gasteiger partial charge in [0.05, 0.1) is 10.5 Å². The zero-order valence-corrected chi connectivity index (χ0v) is 22.7. The Balaban J connectivity index is 1.22. The van der Waals surface area contributed by atoms with Gasteiger partial charge in [0.25, 0.3) is 5.91 Å². The molecule has 38 heavy (non-hydrogen) atoms. The van der Waals surface area contributed by atoms with Crippen LogP contribution in [0, 0.1) is 6.92 Å². The lowest BCUT2D eigenvalue weighted by Gasteiger charge is -2.14. The molecule has 9 heteroatoms. The molecule has 6 nitrogen and oxygen atoms in total. The first-order valence-electron chi connectivity index (χ1n) is 11.8. The van der Waals surface area contributed by atoms with Crippen molar-refractivity contribution >= 4 is 80.0 Å². The van der Waals surface area contributed by atoms with Gasteiger partial charge >= 0.3 is 5.97 Å². The minimum absolute atomic E-state index is 0.0605. The Morgan fingerprint density at radius 2 is 1.82 bits per heavy atom. The van der Waals surface area contributed by atoms with E-state index in [1.54, 1.807) is 24.3 Å². The molecule has 2 amide bonds. The van der Waals surface area contributed by atoms with Crippen molar-refractivity contribution in [1.82, 2.24) is 4.90 Å². The van der Waals surface area contributed by atoms with Gasteiger partial charge in [0.15, 0.2) is 0 Å². The Bertz CT molecular complexity index is 1640. The molecule has 0 radical (unpaired) electrons. The number of thiophene rings is 1. The van der Waals surface area contributed by atoms with Gasteiger partial charge in [0.2, 0.25) is 5.91 Å². The number of thioether (sulfide) groups is 1. The van der Waals surface area contributed by atoms with Crippen LogP contribution < -0.4 is 5.32 Å². The summed E-state index contributed by atoms with van der Waals surface area (Å²) in [6.45, 7) is 1.89. The van der Waals surface area contributed by atoms with Crippen LogP contribution in [0.2, 0.25) is 0 Å². The standard InChI is InChI=1S/C29H22N2O4S3/c1-17-12-21(28(34)35)8-9-24(17)30-26(32)10-11-31-27(33)25(38-29(31)36)15-23-14-22(16-37-23)20-7-6-18-4-2-3-5-19(18)13-20/h2-9,12-16H,10-11H2,1H3,(H,30,32)(H,34,35). The van der Waals surface area contributed by atoms with Crippen LogP contribution in [0.4, 0.5) is 5.69 Å². The molecular weight excluding hydrogens is 537 g/mol. The molecule has 1 aliphatic rings. The highest BCUT2D eigenvalue weighted by Crippen LogP contribution is 2.35. The largest absolute Gasteiger partial charge is 0.478 e. The number of hydrogen-bond donors (Lipinski definition) is 2. The molecule has 0 atom stereocenters. The maximum Gasteiger partial charge on any atom is 0.335 e. The van der Waals surface area contributed by atoms with E-state index in [0.29, 0.717) is 20.5 Å². The maximum absolute atomic E-state index is 13.0. The summed E-state index contributed by atoms with van der Waals surface area (Å²) in [5.41, 5.74) is 3.54. The number of nitrogens with one attached hydrogen (secondary N) is 1. The molecule has 0 spiro atoms. The molecule has 3 aromatic carbocycles. The van der Waals surface area contributed by atoms with Gasteiger partial charge < -0.3 is 10.4 Å². The first-order chi connectivity index (χ1) is 18.3. The van der Waals surface area contributed by atoms with Crippen molar-refractivity contribution < 1.29 is 19.5 Å². The lowest BCUT2D eigenvalue weighted by molar-refractivity contribution is -0.122. The number of carboxylic acids is 1. The number of hydrogen-bond acceptors (Lipinski definition) is 6. The summed E-state index contributed by atoms with van der Waals surface area (Å²) in [5, 5.41) is 16.3. The zero-order valence-electron chi connectivity index (χ0n) is 20.3. The van der Waals surface area contributed by atoms with Crippen molar-refractivity contribution in [3.63, 3.8) is 0 Å². The third-order valence-corrected chi connectivity index (χ3v) is 8.42. The van der Waals surface area contributed by atoms with E-state index in [4.69, 9.17) is 17.3 Å². The van der Waals surface area contributed by atoms with Crippen LogP contribution in [0.1, 0.15) is 27.2 Å². The molecule has 4 aromatic rings.